The van der Waals surface area contributed by atoms with Crippen molar-refractivity contribution in [2.45, 2.75) is 19.9 Å². The Kier molecular flexibility index (Phi) is 5.77. The molecule has 120 valence electrons. The Morgan fingerprint density at radius 2 is 1.74 bits per heavy atom. The molecule has 0 atom stereocenters. The highest BCUT2D eigenvalue weighted by Crippen LogP contribution is 2.18. The quantitative estimate of drug-likeness (QED) is 0.912. The van der Waals surface area contributed by atoms with Gasteiger partial charge in [0, 0.05) is 31.2 Å². The lowest BCUT2D eigenvalue weighted by atomic mass is 10.1. The number of nitrogens with one attached hydrogen (secondary N) is 1. The second kappa shape index (κ2) is 7.79. The topological polar surface area (TPSA) is 49.4 Å². The fourth-order valence-corrected chi connectivity index (χ4v) is 2.26. The maximum atomic E-state index is 12.2. The second-order valence-corrected chi connectivity index (χ2v) is 5.82. The van der Waals surface area contributed by atoms with Gasteiger partial charge in [0.15, 0.2) is 0 Å². The molecular weight excluding hydrogens is 312 g/mol. The molecule has 0 aliphatic heterocycles. The molecule has 1 N–H and O–H groups in total. The van der Waals surface area contributed by atoms with E-state index in [2.05, 4.69) is 5.32 Å². The molecule has 2 rings (SSSR count). The summed E-state index contributed by atoms with van der Waals surface area (Å²) in [6.07, 6.45) is 0.272. The molecule has 4 nitrogen and oxygen atoms in total. The first kappa shape index (κ1) is 17.0. The van der Waals surface area contributed by atoms with E-state index >= 15 is 0 Å². The van der Waals surface area contributed by atoms with Crippen LogP contribution in [0, 0.1) is 0 Å². The molecule has 2 aromatic rings. The van der Waals surface area contributed by atoms with Crippen molar-refractivity contribution in [1.29, 1.82) is 0 Å². The van der Waals surface area contributed by atoms with Gasteiger partial charge in [0.2, 0.25) is 11.8 Å². The SMILES string of the molecule is CC(=O)N(C)Cc1ccccc1NC(=O)Cc1ccc(Cl)cc1. The molecule has 0 aliphatic carbocycles. The van der Waals surface area contributed by atoms with E-state index in [0.29, 0.717) is 11.6 Å². The van der Waals surface area contributed by atoms with Crippen LogP contribution < -0.4 is 5.32 Å². The van der Waals surface area contributed by atoms with Gasteiger partial charge in [-0.25, -0.2) is 0 Å². The fraction of sp³-hybridized carbons (Fsp3) is 0.222. The minimum absolute atomic E-state index is 0.0210. The number of nitrogens with zero attached hydrogens (tertiary/aromatic N) is 1. The Morgan fingerprint density at radius 3 is 2.39 bits per heavy atom. The van der Waals surface area contributed by atoms with Gasteiger partial charge in [0.25, 0.3) is 0 Å². The number of halogens is 1. The lowest BCUT2D eigenvalue weighted by Crippen LogP contribution is -2.24. The van der Waals surface area contributed by atoms with E-state index in [1.54, 1.807) is 24.1 Å². The third-order valence-corrected chi connectivity index (χ3v) is 3.77. The Balaban J connectivity index is 2.05. The van der Waals surface area contributed by atoms with Crippen LogP contribution in [-0.2, 0) is 22.6 Å². The largest absolute Gasteiger partial charge is 0.342 e. The molecule has 5 heteroatoms. The molecule has 0 fully saturated rings. The first-order valence-electron chi connectivity index (χ1n) is 7.29. The first-order valence-corrected chi connectivity index (χ1v) is 7.67. The van der Waals surface area contributed by atoms with Crippen LogP contribution in [-0.4, -0.2) is 23.8 Å². The van der Waals surface area contributed by atoms with E-state index in [0.717, 1.165) is 16.8 Å². The molecule has 0 bridgehead atoms. The number of carbonyl (C=O) groups excluding carboxylic acids is 2. The van der Waals surface area contributed by atoms with Gasteiger partial charge in [0.05, 0.1) is 6.42 Å². The van der Waals surface area contributed by atoms with Crippen molar-refractivity contribution in [2.75, 3.05) is 12.4 Å². The monoisotopic (exact) mass is 330 g/mol. The fourth-order valence-electron chi connectivity index (χ4n) is 2.13. The van der Waals surface area contributed by atoms with Crippen molar-refractivity contribution >= 4 is 29.1 Å². The van der Waals surface area contributed by atoms with Crippen molar-refractivity contribution in [3.8, 4) is 0 Å². The summed E-state index contributed by atoms with van der Waals surface area (Å²) >= 11 is 5.84. The standard InChI is InChI=1S/C18H19ClN2O2/c1-13(22)21(2)12-15-5-3-4-6-17(15)20-18(23)11-14-7-9-16(19)10-8-14/h3-10H,11-12H2,1-2H3,(H,20,23). The maximum Gasteiger partial charge on any atom is 0.228 e. The van der Waals surface area contributed by atoms with Crippen LogP contribution in [0.4, 0.5) is 5.69 Å². The molecule has 0 heterocycles. The molecule has 0 saturated carbocycles. The summed E-state index contributed by atoms with van der Waals surface area (Å²) in [7, 11) is 1.73. The summed E-state index contributed by atoms with van der Waals surface area (Å²) < 4.78 is 0. The van der Waals surface area contributed by atoms with Gasteiger partial charge in [-0.3, -0.25) is 9.59 Å². The summed E-state index contributed by atoms with van der Waals surface area (Å²) in [5.41, 5.74) is 2.51. The molecule has 0 radical (unpaired) electrons. The number of amides is 2. The summed E-state index contributed by atoms with van der Waals surface area (Å²) in [5.74, 6) is -0.127. The van der Waals surface area contributed by atoms with Gasteiger partial charge < -0.3 is 10.2 Å². The zero-order valence-electron chi connectivity index (χ0n) is 13.2. The molecular formula is C18H19ClN2O2. The van der Waals surface area contributed by atoms with Gasteiger partial charge in [-0.1, -0.05) is 41.9 Å². The third kappa shape index (κ3) is 5.11. The van der Waals surface area contributed by atoms with Gasteiger partial charge in [-0.05, 0) is 29.3 Å². The van der Waals surface area contributed by atoms with Gasteiger partial charge in [-0.15, -0.1) is 0 Å². The van der Waals surface area contributed by atoms with Crippen molar-refractivity contribution in [1.82, 2.24) is 4.90 Å². The molecule has 0 unspecified atom stereocenters. The number of hydrogen-bond acceptors (Lipinski definition) is 2. The van der Waals surface area contributed by atoms with Gasteiger partial charge >= 0.3 is 0 Å². The average Bonchev–Trinajstić information content (AvgIpc) is 2.51. The lowest BCUT2D eigenvalue weighted by Gasteiger charge is -2.18. The maximum absolute atomic E-state index is 12.2. The van der Waals surface area contributed by atoms with Crippen molar-refractivity contribution in [3.63, 3.8) is 0 Å². The molecule has 0 spiro atoms. The summed E-state index contributed by atoms with van der Waals surface area (Å²) in [5, 5.41) is 3.55. The second-order valence-electron chi connectivity index (χ2n) is 5.38. The number of para-hydroxylation sites is 1. The molecule has 23 heavy (non-hydrogen) atoms. The van der Waals surface area contributed by atoms with Crippen LogP contribution in [0.1, 0.15) is 18.1 Å². The van der Waals surface area contributed by atoms with E-state index < -0.39 is 0 Å². The van der Waals surface area contributed by atoms with Crippen LogP contribution >= 0.6 is 11.6 Å². The van der Waals surface area contributed by atoms with Gasteiger partial charge in [-0.2, -0.15) is 0 Å². The van der Waals surface area contributed by atoms with E-state index in [-0.39, 0.29) is 18.2 Å². The lowest BCUT2D eigenvalue weighted by molar-refractivity contribution is -0.128. The van der Waals surface area contributed by atoms with Crippen molar-refractivity contribution in [3.05, 3.63) is 64.7 Å². The molecule has 0 saturated heterocycles. The van der Waals surface area contributed by atoms with Crippen LogP contribution in [0.5, 0.6) is 0 Å². The van der Waals surface area contributed by atoms with Crippen molar-refractivity contribution < 1.29 is 9.59 Å². The Labute approximate surface area is 141 Å². The van der Waals surface area contributed by atoms with Crippen LogP contribution in [0.15, 0.2) is 48.5 Å². The number of carbonyl (C=O) groups is 2. The highest BCUT2D eigenvalue weighted by Gasteiger charge is 2.10. The first-order chi connectivity index (χ1) is 11.0. The van der Waals surface area contributed by atoms with E-state index in [9.17, 15) is 9.59 Å². The zero-order valence-corrected chi connectivity index (χ0v) is 13.9. The average molecular weight is 331 g/mol. The Hall–Kier alpha value is -2.33. The summed E-state index contributed by atoms with van der Waals surface area (Å²) in [6, 6.07) is 14.7. The third-order valence-electron chi connectivity index (χ3n) is 3.51. The highest BCUT2D eigenvalue weighted by atomic mass is 35.5. The Bertz CT molecular complexity index is 698. The number of hydrogen-bond donors (Lipinski definition) is 1. The Morgan fingerprint density at radius 1 is 1.09 bits per heavy atom. The summed E-state index contributed by atoms with van der Waals surface area (Å²) in [4.78, 5) is 25.2. The van der Waals surface area contributed by atoms with E-state index in [1.807, 2.05) is 36.4 Å². The smallest absolute Gasteiger partial charge is 0.228 e. The predicted molar refractivity (Wildman–Crippen MR) is 92.4 cm³/mol. The predicted octanol–water partition coefficient (Wildman–Crippen LogP) is 3.50. The number of rotatable bonds is 5. The van der Waals surface area contributed by atoms with Gasteiger partial charge in [0.1, 0.15) is 0 Å². The van der Waals surface area contributed by atoms with Crippen LogP contribution in [0.2, 0.25) is 5.02 Å². The number of benzene rings is 2. The molecule has 0 aliphatic rings. The minimum atomic E-state index is -0.106. The van der Waals surface area contributed by atoms with E-state index in [1.165, 1.54) is 6.92 Å². The normalized spacial score (nSPS) is 10.2. The van der Waals surface area contributed by atoms with Crippen molar-refractivity contribution in [2.24, 2.45) is 0 Å². The highest BCUT2D eigenvalue weighted by molar-refractivity contribution is 6.30. The van der Waals surface area contributed by atoms with Crippen LogP contribution in [0.25, 0.3) is 0 Å². The van der Waals surface area contributed by atoms with Crippen LogP contribution in [0.3, 0.4) is 0 Å². The zero-order chi connectivity index (χ0) is 16.8. The number of anilines is 1. The van der Waals surface area contributed by atoms with E-state index in [4.69, 9.17) is 11.6 Å². The minimum Gasteiger partial charge on any atom is -0.342 e. The summed E-state index contributed by atoms with van der Waals surface area (Å²) in [6.45, 7) is 1.97. The molecule has 0 aromatic heterocycles. The molecule has 2 aromatic carbocycles. The molecule has 2 amide bonds.